The molecule has 0 atom stereocenters. The molecular formula is C8H8F3NOS. The quantitative estimate of drug-likeness (QED) is 0.741. The second kappa shape index (κ2) is 3.61. The first-order valence-corrected chi connectivity index (χ1v) is 4.54. The van der Waals surface area contributed by atoms with Gasteiger partial charge >= 0.3 is 6.18 Å². The maximum atomic E-state index is 11.8. The number of aryl methyl sites for hydroxylation is 2. The standard InChI is InChI=1S/C8H8F3NOS/c1-4-5(2)14-7(12-4)6(13)3-8(9,10)11/h3,13H,1-2H3. The predicted molar refractivity (Wildman–Crippen MR) is 48.2 cm³/mol. The zero-order chi connectivity index (χ0) is 10.9. The van der Waals surface area contributed by atoms with Crippen LogP contribution < -0.4 is 0 Å². The van der Waals surface area contributed by atoms with E-state index in [2.05, 4.69) is 4.98 Å². The summed E-state index contributed by atoms with van der Waals surface area (Å²) in [7, 11) is 0. The number of halogens is 3. The Morgan fingerprint density at radius 3 is 2.36 bits per heavy atom. The van der Waals surface area contributed by atoms with Crippen molar-refractivity contribution in [2.24, 2.45) is 0 Å². The van der Waals surface area contributed by atoms with Gasteiger partial charge in [-0.2, -0.15) is 13.2 Å². The number of hydrogen-bond acceptors (Lipinski definition) is 3. The number of aliphatic hydroxyl groups is 1. The van der Waals surface area contributed by atoms with Crippen LogP contribution in [0.1, 0.15) is 15.6 Å². The van der Waals surface area contributed by atoms with Gasteiger partial charge in [0.25, 0.3) is 0 Å². The second-order valence-corrected chi connectivity index (χ2v) is 3.93. The maximum Gasteiger partial charge on any atom is 0.413 e. The fourth-order valence-corrected chi connectivity index (χ4v) is 1.63. The molecule has 0 radical (unpaired) electrons. The lowest BCUT2D eigenvalue weighted by molar-refractivity contribution is -0.0801. The fraction of sp³-hybridized carbons (Fsp3) is 0.375. The third-order valence-corrected chi connectivity index (χ3v) is 2.64. The molecular weight excluding hydrogens is 215 g/mol. The van der Waals surface area contributed by atoms with Crippen LogP contribution >= 0.6 is 11.3 Å². The zero-order valence-corrected chi connectivity index (χ0v) is 8.33. The Bertz CT molecular complexity index is 348. The number of aliphatic hydroxyl groups excluding tert-OH is 1. The van der Waals surface area contributed by atoms with E-state index < -0.39 is 11.9 Å². The van der Waals surface area contributed by atoms with E-state index in [1.54, 1.807) is 13.8 Å². The van der Waals surface area contributed by atoms with Crippen molar-refractivity contribution in [3.8, 4) is 0 Å². The Labute approximate surface area is 82.7 Å². The van der Waals surface area contributed by atoms with Gasteiger partial charge in [-0.05, 0) is 13.8 Å². The van der Waals surface area contributed by atoms with Crippen LogP contribution in [-0.2, 0) is 0 Å². The Kier molecular flexibility index (Phi) is 2.84. The van der Waals surface area contributed by atoms with Crippen LogP contribution in [0, 0.1) is 13.8 Å². The van der Waals surface area contributed by atoms with Crippen molar-refractivity contribution in [1.29, 1.82) is 0 Å². The van der Waals surface area contributed by atoms with Gasteiger partial charge in [-0.3, -0.25) is 0 Å². The molecule has 0 bridgehead atoms. The van der Waals surface area contributed by atoms with E-state index in [9.17, 15) is 13.2 Å². The lowest BCUT2D eigenvalue weighted by Crippen LogP contribution is -2.02. The molecule has 0 saturated carbocycles. The van der Waals surface area contributed by atoms with Crippen molar-refractivity contribution in [3.05, 3.63) is 21.7 Å². The van der Waals surface area contributed by atoms with E-state index in [4.69, 9.17) is 5.11 Å². The van der Waals surface area contributed by atoms with Crippen LogP contribution in [0.2, 0.25) is 0 Å². The Morgan fingerprint density at radius 1 is 1.43 bits per heavy atom. The van der Waals surface area contributed by atoms with Crippen LogP contribution in [0.25, 0.3) is 5.76 Å². The highest BCUT2D eigenvalue weighted by Crippen LogP contribution is 2.26. The molecule has 1 aromatic heterocycles. The molecule has 0 aliphatic carbocycles. The highest BCUT2D eigenvalue weighted by molar-refractivity contribution is 7.12. The zero-order valence-electron chi connectivity index (χ0n) is 7.51. The summed E-state index contributed by atoms with van der Waals surface area (Å²) < 4.78 is 35.5. The molecule has 78 valence electrons. The number of thiazole rings is 1. The normalized spacial score (nSPS) is 13.4. The van der Waals surface area contributed by atoms with Crippen molar-refractivity contribution >= 4 is 17.1 Å². The minimum atomic E-state index is -4.52. The van der Waals surface area contributed by atoms with Gasteiger partial charge in [0.15, 0.2) is 10.8 Å². The molecule has 0 aromatic carbocycles. The minimum absolute atomic E-state index is 0.00248. The van der Waals surface area contributed by atoms with E-state index in [1.807, 2.05) is 0 Å². The van der Waals surface area contributed by atoms with Gasteiger partial charge < -0.3 is 5.11 Å². The first-order valence-electron chi connectivity index (χ1n) is 3.72. The number of allylic oxidation sites excluding steroid dienone is 1. The average Bonchev–Trinajstić information content (AvgIpc) is 2.28. The predicted octanol–water partition coefficient (Wildman–Crippen LogP) is 3.22. The number of nitrogens with zero attached hydrogens (tertiary/aromatic N) is 1. The van der Waals surface area contributed by atoms with Gasteiger partial charge in [-0.1, -0.05) is 0 Å². The fourth-order valence-electron chi connectivity index (χ4n) is 0.799. The molecule has 0 aliphatic heterocycles. The minimum Gasteiger partial charge on any atom is -0.505 e. The van der Waals surface area contributed by atoms with Crippen LogP contribution in [0.3, 0.4) is 0 Å². The molecule has 1 rings (SSSR count). The summed E-state index contributed by atoms with van der Waals surface area (Å²) in [6, 6.07) is 0. The van der Waals surface area contributed by atoms with Crippen LogP contribution in [0.4, 0.5) is 13.2 Å². The molecule has 0 amide bonds. The van der Waals surface area contributed by atoms with Crippen molar-refractivity contribution in [3.63, 3.8) is 0 Å². The van der Waals surface area contributed by atoms with Crippen molar-refractivity contribution in [2.45, 2.75) is 20.0 Å². The van der Waals surface area contributed by atoms with E-state index in [1.165, 1.54) is 0 Å². The molecule has 0 aliphatic rings. The molecule has 2 nitrogen and oxygen atoms in total. The maximum absolute atomic E-state index is 11.8. The highest BCUT2D eigenvalue weighted by Gasteiger charge is 2.26. The van der Waals surface area contributed by atoms with Crippen molar-refractivity contribution in [1.82, 2.24) is 4.98 Å². The number of hydrogen-bond donors (Lipinski definition) is 1. The highest BCUT2D eigenvalue weighted by atomic mass is 32.1. The second-order valence-electron chi connectivity index (χ2n) is 2.73. The molecule has 14 heavy (non-hydrogen) atoms. The lowest BCUT2D eigenvalue weighted by atomic mass is 10.4. The Balaban J connectivity index is 3.01. The van der Waals surface area contributed by atoms with E-state index >= 15 is 0 Å². The molecule has 0 unspecified atom stereocenters. The van der Waals surface area contributed by atoms with Gasteiger partial charge in [0.1, 0.15) is 0 Å². The van der Waals surface area contributed by atoms with Crippen LogP contribution in [-0.4, -0.2) is 16.3 Å². The summed E-state index contributed by atoms with van der Waals surface area (Å²) in [6.07, 6.45) is -4.68. The molecule has 0 fully saturated rings. The molecule has 6 heteroatoms. The summed E-state index contributed by atoms with van der Waals surface area (Å²) in [4.78, 5) is 4.59. The van der Waals surface area contributed by atoms with Gasteiger partial charge in [0, 0.05) is 4.88 Å². The average molecular weight is 223 g/mol. The topological polar surface area (TPSA) is 33.1 Å². The number of rotatable bonds is 1. The molecule has 0 spiro atoms. The first-order chi connectivity index (χ1) is 6.29. The SMILES string of the molecule is Cc1nc(C(O)=CC(F)(F)F)sc1C. The molecule has 1 N–H and O–H groups in total. The first kappa shape index (κ1) is 11.0. The number of alkyl halides is 3. The molecule has 1 aromatic rings. The molecule has 0 saturated heterocycles. The Morgan fingerprint density at radius 2 is 2.00 bits per heavy atom. The largest absolute Gasteiger partial charge is 0.505 e. The summed E-state index contributed by atoms with van der Waals surface area (Å²) in [5.74, 6) is -0.835. The third-order valence-electron chi connectivity index (χ3n) is 1.55. The van der Waals surface area contributed by atoms with Gasteiger partial charge in [-0.15, -0.1) is 11.3 Å². The van der Waals surface area contributed by atoms with Gasteiger partial charge in [0.2, 0.25) is 0 Å². The van der Waals surface area contributed by atoms with E-state index in [0.717, 1.165) is 16.2 Å². The summed E-state index contributed by atoms with van der Waals surface area (Å²) in [5, 5.41) is 9.08. The summed E-state index contributed by atoms with van der Waals surface area (Å²) in [5.41, 5.74) is 0.632. The molecule has 1 heterocycles. The monoisotopic (exact) mass is 223 g/mol. The van der Waals surface area contributed by atoms with Gasteiger partial charge in [0.05, 0.1) is 11.8 Å². The van der Waals surface area contributed by atoms with Crippen molar-refractivity contribution in [2.75, 3.05) is 0 Å². The van der Waals surface area contributed by atoms with E-state index in [0.29, 0.717) is 5.69 Å². The summed E-state index contributed by atoms with van der Waals surface area (Å²) in [6.45, 7) is 3.41. The Hall–Kier alpha value is -1.04. The van der Waals surface area contributed by atoms with Crippen LogP contribution in [0.5, 0.6) is 0 Å². The third kappa shape index (κ3) is 2.73. The van der Waals surface area contributed by atoms with Crippen LogP contribution in [0.15, 0.2) is 6.08 Å². The number of aromatic nitrogens is 1. The smallest absolute Gasteiger partial charge is 0.413 e. The van der Waals surface area contributed by atoms with E-state index in [-0.39, 0.29) is 11.1 Å². The summed E-state index contributed by atoms with van der Waals surface area (Å²) >= 11 is 1.03. The van der Waals surface area contributed by atoms with Crippen molar-refractivity contribution < 1.29 is 18.3 Å². The van der Waals surface area contributed by atoms with Gasteiger partial charge in [-0.25, -0.2) is 4.98 Å². The lowest BCUT2D eigenvalue weighted by Gasteiger charge is -1.99.